The molecular formula is C32H39ClN2O3. The van der Waals surface area contributed by atoms with E-state index < -0.39 is 0 Å². The summed E-state index contributed by atoms with van der Waals surface area (Å²) in [5, 5.41) is 0.763. The number of ether oxygens (including phenoxy) is 2. The van der Waals surface area contributed by atoms with E-state index in [1.54, 1.807) is 0 Å². The lowest BCUT2D eigenvalue weighted by Gasteiger charge is -2.49. The minimum absolute atomic E-state index is 0.00584. The number of esters is 1. The molecule has 5 fully saturated rings. The molecular weight excluding hydrogens is 496 g/mol. The van der Waals surface area contributed by atoms with Crippen LogP contribution in [-0.4, -0.2) is 66.3 Å². The number of hydrogen-bond acceptors (Lipinski definition) is 5. The molecule has 7 rings (SSSR count). The number of piperazine rings is 1. The van der Waals surface area contributed by atoms with E-state index in [4.69, 9.17) is 21.1 Å². The Kier molecular flexibility index (Phi) is 6.16. The van der Waals surface area contributed by atoms with Crippen LogP contribution in [0.4, 0.5) is 0 Å². The zero-order valence-electron chi connectivity index (χ0n) is 22.5. The van der Waals surface area contributed by atoms with Gasteiger partial charge in [-0.2, -0.15) is 0 Å². The van der Waals surface area contributed by atoms with Crippen molar-refractivity contribution in [3.05, 3.63) is 70.7 Å². The number of carbonyl (C=O) groups excluding carboxylic acids is 1. The van der Waals surface area contributed by atoms with Crippen molar-refractivity contribution in [2.75, 3.05) is 32.7 Å². The molecule has 8 atom stereocenters. The van der Waals surface area contributed by atoms with Gasteiger partial charge in [-0.3, -0.25) is 14.6 Å². The predicted octanol–water partition coefficient (Wildman–Crippen LogP) is 5.57. The van der Waals surface area contributed by atoms with Crippen LogP contribution in [0.15, 0.2) is 54.6 Å². The maximum Gasteiger partial charge on any atom is 0.311 e. The van der Waals surface area contributed by atoms with Gasteiger partial charge in [0.2, 0.25) is 0 Å². The van der Waals surface area contributed by atoms with E-state index in [1.807, 2.05) is 12.1 Å². The summed E-state index contributed by atoms with van der Waals surface area (Å²) >= 11 is 6.21. The lowest BCUT2D eigenvalue weighted by atomic mass is 9.53. The van der Waals surface area contributed by atoms with Crippen molar-refractivity contribution < 1.29 is 14.3 Å². The Morgan fingerprint density at radius 3 is 2.47 bits per heavy atom. The average Bonchev–Trinajstić information content (AvgIpc) is 3.61. The van der Waals surface area contributed by atoms with E-state index >= 15 is 0 Å². The third kappa shape index (κ3) is 3.88. The molecule has 0 unspecified atom stereocenters. The van der Waals surface area contributed by atoms with Crippen molar-refractivity contribution in [3.8, 4) is 0 Å². The highest BCUT2D eigenvalue weighted by Gasteiger charge is 2.78. The first-order valence-electron chi connectivity index (χ1n) is 14.5. The first kappa shape index (κ1) is 25.1. The van der Waals surface area contributed by atoms with Gasteiger partial charge in [0.1, 0.15) is 11.7 Å². The van der Waals surface area contributed by atoms with E-state index in [9.17, 15) is 4.79 Å². The van der Waals surface area contributed by atoms with E-state index in [0.717, 1.165) is 44.2 Å². The van der Waals surface area contributed by atoms with Gasteiger partial charge < -0.3 is 9.47 Å². The van der Waals surface area contributed by atoms with Crippen LogP contribution >= 0.6 is 11.6 Å². The van der Waals surface area contributed by atoms with Crippen LogP contribution in [0.2, 0.25) is 5.02 Å². The zero-order chi connectivity index (χ0) is 26.1. The van der Waals surface area contributed by atoms with Crippen molar-refractivity contribution in [1.82, 2.24) is 9.80 Å². The van der Waals surface area contributed by atoms with Gasteiger partial charge in [0.05, 0.1) is 18.1 Å². The number of carbonyl (C=O) groups is 1. The van der Waals surface area contributed by atoms with Gasteiger partial charge >= 0.3 is 5.97 Å². The van der Waals surface area contributed by atoms with Gasteiger partial charge in [-0.05, 0) is 48.4 Å². The number of rotatable bonds is 5. The van der Waals surface area contributed by atoms with E-state index in [2.05, 4.69) is 66.1 Å². The monoisotopic (exact) mass is 534 g/mol. The fourth-order valence-corrected chi connectivity index (χ4v) is 8.95. The molecule has 0 radical (unpaired) electrons. The molecule has 5 aliphatic rings. The highest BCUT2D eigenvalue weighted by Crippen LogP contribution is 2.70. The normalized spacial score (nSPS) is 39.6. The highest BCUT2D eigenvalue weighted by atomic mass is 35.5. The van der Waals surface area contributed by atoms with Crippen LogP contribution in [0.1, 0.15) is 56.7 Å². The van der Waals surface area contributed by atoms with E-state index in [1.165, 1.54) is 30.4 Å². The number of benzene rings is 2. The molecule has 2 aliphatic carbocycles. The van der Waals surface area contributed by atoms with Crippen molar-refractivity contribution in [2.45, 2.75) is 63.4 Å². The molecule has 1 spiro atoms. The molecule has 2 saturated carbocycles. The maximum absolute atomic E-state index is 13.2. The fourth-order valence-electron chi connectivity index (χ4n) is 8.82. The summed E-state index contributed by atoms with van der Waals surface area (Å²) in [5.74, 6) is 0.706. The van der Waals surface area contributed by atoms with E-state index in [0.29, 0.717) is 5.92 Å². The summed E-state index contributed by atoms with van der Waals surface area (Å²) in [6, 6.07) is 19.2. The van der Waals surface area contributed by atoms with Crippen molar-refractivity contribution >= 4 is 17.6 Å². The Labute approximate surface area is 231 Å². The Balaban J connectivity index is 1.05. The maximum atomic E-state index is 13.2. The van der Waals surface area contributed by atoms with Crippen molar-refractivity contribution in [1.29, 1.82) is 0 Å². The summed E-state index contributed by atoms with van der Waals surface area (Å²) in [4.78, 5) is 18.3. The Bertz CT molecular complexity index is 1180. The summed E-state index contributed by atoms with van der Waals surface area (Å²) < 4.78 is 12.7. The van der Waals surface area contributed by atoms with E-state index in [-0.39, 0.29) is 47.1 Å². The molecule has 0 aromatic heterocycles. The highest BCUT2D eigenvalue weighted by molar-refractivity contribution is 6.30. The predicted molar refractivity (Wildman–Crippen MR) is 148 cm³/mol. The second-order valence-electron chi connectivity index (χ2n) is 12.8. The summed E-state index contributed by atoms with van der Waals surface area (Å²) in [5.41, 5.74) is 2.68. The molecule has 38 heavy (non-hydrogen) atoms. The van der Waals surface area contributed by atoms with Crippen LogP contribution in [-0.2, 0) is 14.3 Å². The second-order valence-corrected chi connectivity index (χ2v) is 13.2. The van der Waals surface area contributed by atoms with Gasteiger partial charge in [0.15, 0.2) is 0 Å². The van der Waals surface area contributed by atoms with Gasteiger partial charge in [-0.1, -0.05) is 74.3 Å². The average molecular weight is 535 g/mol. The third-order valence-corrected chi connectivity index (χ3v) is 11.0. The van der Waals surface area contributed by atoms with Crippen LogP contribution in [0.25, 0.3) is 0 Å². The number of hydrogen-bond donors (Lipinski definition) is 0. The molecule has 2 aromatic rings. The number of halogens is 1. The largest absolute Gasteiger partial charge is 0.462 e. The van der Waals surface area contributed by atoms with Crippen molar-refractivity contribution in [3.63, 3.8) is 0 Å². The summed E-state index contributed by atoms with van der Waals surface area (Å²) in [6.07, 6.45) is 4.87. The van der Waals surface area contributed by atoms with Crippen LogP contribution in [0, 0.1) is 23.2 Å². The molecule has 5 nitrogen and oxygen atoms in total. The van der Waals surface area contributed by atoms with Crippen LogP contribution < -0.4 is 0 Å². The van der Waals surface area contributed by atoms with Gasteiger partial charge in [-0.15, -0.1) is 0 Å². The van der Waals surface area contributed by atoms with Gasteiger partial charge in [0, 0.05) is 49.1 Å². The Morgan fingerprint density at radius 1 is 1.03 bits per heavy atom. The molecule has 0 amide bonds. The minimum Gasteiger partial charge on any atom is -0.462 e. The number of fused-ring (bicyclic) bond motifs is 2. The molecule has 3 heterocycles. The topological polar surface area (TPSA) is 45.3 Å². The quantitative estimate of drug-likeness (QED) is 0.370. The molecule has 0 bridgehead atoms. The standard InChI is InChI=1S/C32H39ClN2O3/c1-21-7-6-14-31(2)19-26-27(29-32(21,31)38-29)25(30(36)37-26)20-34-15-17-35(18-16-34)28(22-8-4-3-5-9-22)23-10-12-24(33)13-11-23/h3-5,8-13,21,25-29H,6-7,14-20H2,1-2H3/t21-,25+,26+,27+,28-,29-,31+,32-/m0/s1. The van der Waals surface area contributed by atoms with Crippen molar-refractivity contribution in [2.24, 2.45) is 23.2 Å². The SMILES string of the molecule is C[C@H]1CCC[C@]2(C)C[C@H]3OC(=O)[C@H](CN4CCN([C@@H](c5ccccc5)c5ccc(Cl)cc5)CC4)[C@H]3[C@@H]3O[C@@]132. The lowest BCUT2D eigenvalue weighted by molar-refractivity contribution is -0.146. The number of nitrogens with zero attached hydrogens (tertiary/aromatic N) is 2. The summed E-state index contributed by atoms with van der Waals surface area (Å²) in [6.45, 7) is 9.35. The Morgan fingerprint density at radius 2 is 1.74 bits per heavy atom. The molecule has 6 heteroatoms. The first-order valence-corrected chi connectivity index (χ1v) is 14.9. The summed E-state index contributed by atoms with van der Waals surface area (Å²) in [7, 11) is 0. The zero-order valence-corrected chi connectivity index (χ0v) is 23.3. The second kappa shape index (κ2) is 9.33. The lowest BCUT2D eigenvalue weighted by Crippen LogP contribution is -2.55. The minimum atomic E-state index is -0.0733. The molecule has 202 valence electrons. The fraction of sp³-hybridized carbons (Fsp3) is 0.594. The van der Waals surface area contributed by atoms with Crippen LogP contribution in [0.5, 0.6) is 0 Å². The molecule has 0 N–H and O–H groups in total. The van der Waals surface area contributed by atoms with Gasteiger partial charge in [-0.25, -0.2) is 0 Å². The number of epoxide rings is 1. The Hall–Kier alpha value is -1.92. The van der Waals surface area contributed by atoms with Gasteiger partial charge in [0.25, 0.3) is 0 Å². The smallest absolute Gasteiger partial charge is 0.311 e. The van der Waals surface area contributed by atoms with Crippen LogP contribution in [0.3, 0.4) is 0 Å². The molecule has 3 aliphatic heterocycles. The third-order valence-electron chi connectivity index (χ3n) is 10.7. The first-order chi connectivity index (χ1) is 18.4. The molecule has 2 aromatic carbocycles. The molecule has 3 saturated heterocycles.